The summed E-state index contributed by atoms with van der Waals surface area (Å²) in [5.74, 6) is 0.969. The minimum Gasteiger partial charge on any atom is -0.300 e. The van der Waals surface area contributed by atoms with Gasteiger partial charge in [0, 0.05) is 65.1 Å². The highest BCUT2D eigenvalue weighted by atomic mass is 15.3. The summed E-state index contributed by atoms with van der Waals surface area (Å²) in [5.41, 5.74) is 13.8. The van der Waals surface area contributed by atoms with Crippen molar-refractivity contribution in [3.8, 4) is 67.5 Å². The number of rotatable bonds is 7. The van der Waals surface area contributed by atoms with Crippen LogP contribution in [0.1, 0.15) is 5.56 Å². The van der Waals surface area contributed by atoms with Crippen LogP contribution in [0.2, 0.25) is 0 Å². The first-order valence-electron chi connectivity index (χ1n) is 21.5. The SMILES string of the molecule is Cc1cc(-c2ccccc2)ncc1-c1ccccc1.c1ccc(-c2ccc(-c3ccccn3)cc2)cc1.c1ccc(-c2nccn2-c2ccccc2)cc1.c1ccc(-n2cccn2)cc1. The topological polar surface area (TPSA) is 61.4 Å². The molecule has 0 aliphatic carbocycles. The summed E-state index contributed by atoms with van der Waals surface area (Å²) < 4.78 is 3.93. The quantitative estimate of drug-likeness (QED) is 0.160. The molecule has 11 aromatic rings. The van der Waals surface area contributed by atoms with Crippen molar-refractivity contribution in [3.05, 3.63) is 279 Å². The maximum absolute atomic E-state index is 4.59. The minimum atomic E-state index is 0.969. The van der Waals surface area contributed by atoms with E-state index >= 15 is 0 Å². The third-order valence-corrected chi connectivity index (χ3v) is 10.5. The zero-order valence-corrected chi connectivity index (χ0v) is 36.2. The van der Waals surface area contributed by atoms with Gasteiger partial charge in [-0.15, -0.1) is 0 Å². The molecule has 0 N–H and O–H groups in total. The summed E-state index contributed by atoms with van der Waals surface area (Å²) in [5, 5.41) is 4.10. The molecule has 7 aromatic carbocycles. The molecule has 0 amide bonds. The molecular weight excluding hydrogens is 793 g/mol. The molecule has 11 rings (SSSR count). The van der Waals surface area contributed by atoms with Crippen molar-refractivity contribution >= 4 is 0 Å². The largest absolute Gasteiger partial charge is 0.300 e. The van der Waals surface area contributed by atoms with Crippen molar-refractivity contribution in [2.75, 3.05) is 0 Å². The Morgan fingerprint density at radius 1 is 0.338 bits per heavy atom. The highest BCUT2D eigenvalue weighted by Gasteiger charge is 2.07. The molecule has 0 atom stereocenters. The van der Waals surface area contributed by atoms with Crippen LogP contribution in [0.3, 0.4) is 0 Å². The number of hydrogen-bond acceptors (Lipinski definition) is 4. The number of benzene rings is 7. The molecular formula is C59H48N6. The molecule has 0 unspecified atom stereocenters. The number of aryl methyl sites for hydroxylation is 1. The molecule has 0 aliphatic rings. The summed E-state index contributed by atoms with van der Waals surface area (Å²) in [4.78, 5) is 13.4. The third-order valence-electron chi connectivity index (χ3n) is 10.5. The first-order chi connectivity index (χ1) is 32.2. The summed E-state index contributed by atoms with van der Waals surface area (Å²) >= 11 is 0. The molecule has 6 heteroatoms. The van der Waals surface area contributed by atoms with Crippen molar-refractivity contribution in [1.29, 1.82) is 0 Å². The first-order valence-corrected chi connectivity index (χ1v) is 21.5. The van der Waals surface area contributed by atoms with E-state index < -0.39 is 0 Å². The van der Waals surface area contributed by atoms with Crippen LogP contribution in [-0.4, -0.2) is 29.3 Å². The summed E-state index contributed by atoms with van der Waals surface area (Å²) in [7, 11) is 0. The van der Waals surface area contributed by atoms with Gasteiger partial charge in [0.25, 0.3) is 0 Å². The van der Waals surface area contributed by atoms with Crippen LogP contribution in [0.25, 0.3) is 67.5 Å². The minimum absolute atomic E-state index is 0.969. The van der Waals surface area contributed by atoms with E-state index in [0.717, 1.165) is 45.3 Å². The Labute approximate surface area is 381 Å². The van der Waals surface area contributed by atoms with Gasteiger partial charge in [0.2, 0.25) is 0 Å². The number of aromatic nitrogens is 6. The van der Waals surface area contributed by atoms with Crippen LogP contribution in [0.5, 0.6) is 0 Å². The third kappa shape index (κ3) is 11.8. The van der Waals surface area contributed by atoms with Crippen LogP contribution < -0.4 is 0 Å². The second kappa shape index (κ2) is 22.4. The smallest absolute Gasteiger partial charge is 0.144 e. The van der Waals surface area contributed by atoms with Crippen LogP contribution >= 0.6 is 0 Å². The number of nitrogens with zero attached hydrogens (tertiary/aromatic N) is 6. The molecule has 0 aliphatic heterocycles. The second-order valence-electron chi connectivity index (χ2n) is 14.9. The summed E-state index contributed by atoms with van der Waals surface area (Å²) in [6.07, 6.45) is 11.3. The fourth-order valence-corrected chi connectivity index (χ4v) is 7.14. The lowest BCUT2D eigenvalue weighted by Crippen LogP contribution is -1.95. The lowest BCUT2D eigenvalue weighted by molar-refractivity contribution is 0.880. The van der Waals surface area contributed by atoms with Gasteiger partial charge >= 0.3 is 0 Å². The average molecular weight is 841 g/mol. The van der Waals surface area contributed by atoms with Gasteiger partial charge in [0.05, 0.1) is 17.1 Å². The van der Waals surface area contributed by atoms with E-state index in [-0.39, 0.29) is 0 Å². The predicted octanol–water partition coefficient (Wildman–Crippen LogP) is 14.6. The van der Waals surface area contributed by atoms with Crippen molar-refractivity contribution in [2.24, 2.45) is 0 Å². The predicted molar refractivity (Wildman–Crippen MR) is 268 cm³/mol. The average Bonchev–Trinajstić information content (AvgIpc) is 4.14. The Bertz CT molecular complexity index is 2920. The van der Waals surface area contributed by atoms with E-state index in [2.05, 4.69) is 147 Å². The van der Waals surface area contributed by atoms with Gasteiger partial charge in [-0.2, -0.15) is 5.10 Å². The number of para-hydroxylation sites is 2. The van der Waals surface area contributed by atoms with Gasteiger partial charge in [-0.05, 0) is 77.7 Å². The lowest BCUT2D eigenvalue weighted by Gasteiger charge is -2.08. The molecule has 0 fully saturated rings. The van der Waals surface area contributed by atoms with E-state index in [1.54, 1.807) is 6.20 Å². The van der Waals surface area contributed by atoms with Crippen LogP contribution in [0.4, 0.5) is 0 Å². The standard InChI is InChI=1S/C18H15N.C17H13N.C15H12N2.C9H8N2/c1-14-12-18(16-10-6-3-7-11-16)19-13-17(14)15-8-4-2-5-9-15;1-2-6-14(7-3-1)15-9-11-16(12-10-15)17-8-4-5-13-18-17;1-3-7-13(8-4-1)15-16-11-12-17(15)14-9-5-2-6-10-14;1-2-5-9(6-3-1)11-8-4-7-10-11/h2-13H,1H3;1-13H;1-12H;1-8H. The van der Waals surface area contributed by atoms with Crippen LogP contribution in [-0.2, 0) is 0 Å². The van der Waals surface area contributed by atoms with Crippen molar-refractivity contribution < 1.29 is 0 Å². The van der Waals surface area contributed by atoms with Gasteiger partial charge in [-0.25, -0.2) is 9.67 Å². The number of pyridine rings is 2. The second-order valence-corrected chi connectivity index (χ2v) is 14.9. The summed E-state index contributed by atoms with van der Waals surface area (Å²) in [6, 6.07) is 80.1. The van der Waals surface area contributed by atoms with E-state index in [4.69, 9.17) is 0 Å². The molecule has 0 spiro atoms. The van der Waals surface area contributed by atoms with Gasteiger partial charge < -0.3 is 0 Å². The molecule has 65 heavy (non-hydrogen) atoms. The molecule has 0 saturated carbocycles. The fourth-order valence-electron chi connectivity index (χ4n) is 7.14. The molecule has 0 radical (unpaired) electrons. The number of imidazole rings is 1. The van der Waals surface area contributed by atoms with Gasteiger partial charge in [-0.1, -0.05) is 188 Å². The van der Waals surface area contributed by atoms with Crippen molar-refractivity contribution in [3.63, 3.8) is 0 Å². The van der Waals surface area contributed by atoms with E-state index in [1.165, 1.54) is 27.8 Å². The Morgan fingerprint density at radius 3 is 1.38 bits per heavy atom. The first kappa shape index (κ1) is 42.9. The maximum Gasteiger partial charge on any atom is 0.144 e. The molecule has 0 saturated heterocycles. The highest BCUT2D eigenvalue weighted by Crippen LogP contribution is 2.27. The Balaban J connectivity index is 0.000000120. The van der Waals surface area contributed by atoms with Crippen molar-refractivity contribution in [1.82, 2.24) is 29.3 Å². The molecule has 0 bridgehead atoms. The Hall–Kier alpha value is -8.74. The fraction of sp³-hybridized carbons (Fsp3) is 0.0169. The zero-order chi connectivity index (χ0) is 44.3. The molecule has 314 valence electrons. The molecule has 6 nitrogen and oxygen atoms in total. The Morgan fingerprint density at radius 2 is 0.831 bits per heavy atom. The Kier molecular flexibility index (Phi) is 14.8. The summed E-state index contributed by atoms with van der Waals surface area (Å²) in [6.45, 7) is 2.14. The van der Waals surface area contributed by atoms with Crippen molar-refractivity contribution in [2.45, 2.75) is 6.92 Å². The highest BCUT2D eigenvalue weighted by molar-refractivity contribution is 5.71. The van der Waals surface area contributed by atoms with E-state index in [0.29, 0.717) is 0 Å². The van der Waals surface area contributed by atoms with Gasteiger partial charge in [-0.3, -0.25) is 14.5 Å². The van der Waals surface area contributed by atoms with Crippen LogP contribution in [0.15, 0.2) is 274 Å². The van der Waals surface area contributed by atoms with E-state index in [1.807, 2.05) is 157 Å². The lowest BCUT2D eigenvalue weighted by atomic mass is 10.0. The monoisotopic (exact) mass is 840 g/mol. The normalized spacial score (nSPS) is 10.2. The number of hydrogen-bond donors (Lipinski definition) is 0. The maximum atomic E-state index is 4.59. The van der Waals surface area contributed by atoms with Gasteiger partial charge in [0.1, 0.15) is 5.82 Å². The molecule has 4 aromatic heterocycles. The van der Waals surface area contributed by atoms with Gasteiger partial charge in [0.15, 0.2) is 0 Å². The molecule has 4 heterocycles. The zero-order valence-electron chi connectivity index (χ0n) is 36.2. The van der Waals surface area contributed by atoms with Crippen LogP contribution in [0, 0.1) is 6.92 Å². The van der Waals surface area contributed by atoms with E-state index in [9.17, 15) is 0 Å².